The van der Waals surface area contributed by atoms with E-state index in [4.69, 9.17) is 5.11 Å². The molecule has 0 spiro atoms. The van der Waals surface area contributed by atoms with E-state index in [1.165, 1.54) is 4.90 Å². The Morgan fingerprint density at radius 3 is 2.27 bits per heavy atom. The van der Waals surface area contributed by atoms with E-state index in [9.17, 15) is 4.79 Å². The molecule has 0 radical (unpaired) electrons. The normalized spacial score (nSPS) is 33.5. The summed E-state index contributed by atoms with van der Waals surface area (Å²) < 4.78 is 0. The second-order valence-electron chi connectivity index (χ2n) is 2.92. The number of hydrogen-bond donors (Lipinski definition) is 1. The molecule has 4 heteroatoms. The predicted molar refractivity (Wildman–Crippen MR) is 40.6 cm³/mol. The summed E-state index contributed by atoms with van der Waals surface area (Å²) in [6.07, 6.45) is 0.0162. The zero-order chi connectivity index (χ0) is 8.59. The molecule has 1 fully saturated rings. The fraction of sp³-hybridized carbons (Fsp3) is 0.857. The van der Waals surface area contributed by atoms with Crippen molar-refractivity contribution in [1.29, 1.82) is 0 Å². The van der Waals surface area contributed by atoms with Crippen molar-refractivity contribution < 1.29 is 9.90 Å². The van der Waals surface area contributed by atoms with E-state index in [0.29, 0.717) is 0 Å². The Morgan fingerprint density at radius 2 is 2.09 bits per heavy atom. The van der Waals surface area contributed by atoms with Crippen molar-refractivity contribution in [2.75, 3.05) is 13.8 Å². The van der Waals surface area contributed by atoms with Crippen LogP contribution in [0.3, 0.4) is 0 Å². The molecule has 11 heavy (non-hydrogen) atoms. The molecular weight excluding hydrogens is 144 g/mol. The first-order chi connectivity index (χ1) is 5.09. The van der Waals surface area contributed by atoms with Gasteiger partial charge in [-0.05, 0) is 20.9 Å². The fourth-order valence-electron chi connectivity index (χ4n) is 1.33. The lowest BCUT2D eigenvalue weighted by atomic mass is 10.3. The molecule has 0 aliphatic carbocycles. The lowest BCUT2D eigenvalue weighted by Crippen LogP contribution is -2.36. The minimum atomic E-state index is -0.186. The van der Waals surface area contributed by atoms with Gasteiger partial charge in [0.15, 0.2) is 0 Å². The number of aliphatic hydroxyl groups excluding tert-OH is 1. The lowest BCUT2D eigenvalue weighted by molar-refractivity contribution is -0.132. The summed E-state index contributed by atoms with van der Waals surface area (Å²) in [5.41, 5.74) is 0. The predicted octanol–water partition coefficient (Wildman–Crippen LogP) is -0.555. The Balaban J connectivity index is 2.77. The highest BCUT2D eigenvalue weighted by Crippen LogP contribution is 2.17. The minimum absolute atomic E-state index is 0.00231. The van der Waals surface area contributed by atoms with Crippen LogP contribution in [-0.2, 0) is 4.79 Å². The molecule has 4 nitrogen and oxygen atoms in total. The van der Waals surface area contributed by atoms with E-state index < -0.39 is 0 Å². The largest absolute Gasteiger partial charge is 0.376 e. The third kappa shape index (κ3) is 1.12. The number of nitrogens with zero attached hydrogens (tertiary/aromatic N) is 2. The van der Waals surface area contributed by atoms with Crippen LogP contribution < -0.4 is 0 Å². The molecule has 1 aliphatic rings. The Hall–Kier alpha value is -0.610. The van der Waals surface area contributed by atoms with Crippen LogP contribution in [0.4, 0.5) is 0 Å². The molecule has 1 rings (SSSR count). The van der Waals surface area contributed by atoms with E-state index in [1.807, 2.05) is 25.8 Å². The van der Waals surface area contributed by atoms with Gasteiger partial charge in [-0.3, -0.25) is 9.69 Å². The maximum Gasteiger partial charge on any atom is 0.242 e. The maximum absolute atomic E-state index is 11.3. The summed E-state index contributed by atoms with van der Waals surface area (Å²) in [4.78, 5) is 14.7. The molecule has 0 aromatic heterocycles. The van der Waals surface area contributed by atoms with Crippen molar-refractivity contribution >= 4 is 5.91 Å². The lowest BCUT2D eigenvalue weighted by Gasteiger charge is -2.21. The van der Waals surface area contributed by atoms with E-state index in [0.717, 1.165) is 0 Å². The van der Waals surface area contributed by atoms with Gasteiger partial charge in [-0.15, -0.1) is 0 Å². The van der Waals surface area contributed by atoms with Crippen LogP contribution in [0.1, 0.15) is 13.8 Å². The Kier molecular flexibility index (Phi) is 2.15. The molecule has 1 heterocycles. The van der Waals surface area contributed by atoms with Gasteiger partial charge in [0, 0.05) is 0 Å². The van der Waals surface area contributed by atoms with Gasteiger partial charge in [0.2, 0.25) is 5.91 Å². The topological polar surface area (TPSA) is 43.8 Å². The van der Waals surface area contributed by atoms with Gasteiger partial charge in [-0.25, -0.2) is 0 Å². The van der Waals surface area contributed by atoms with Crippen molar-refractivity contribution in [2.24, 2.45) is 0 Å². The molecule has 1 aliphatic heterocycles. The Labute approximate surface area is 66.4 Å². The Morgan fingerprint density at radius 1 is 1.55 bits per heavy atom. The highest BCUT2D eigenvalue weighted by molar-refractivity contribution is 5.83. The molecule has 0 aromatic carbocycles. The fourth-order valence-corrected chi connectivity index (χ4v) is 1.33. The molecule has 64 valence electrons. The van der Waals surface area contributed by atoms with E-state index in [-0.39, 0.29) is 24.8 Å². The van der Waals surface area contributed by atoms with Gasteiger partial charge in [-0.1, -0.05) is 0 Å². The summed E-state index contributed by atoms with van der Waals surface area (Å²) in [6.45, 7) is 3.56. The van der Waals surface area contributed by atoms with Crippen molar-refractivity contribution in [3.8, 4) is 0 Å². The first kappa shape index (κ1) is 8.49. The number of aliphatic hydroxyl groups is 1. The van der Waals surface area contributed by atoms with Crippen molar-refractivity contribution in [1.82, 2.24) is 9.80 Å². The van der Waals surface area contributed by atoms with Crippen molar-refractivity contribution in [3.05, 3.63) is 0 Å². The summed E-state index contributed by atoms with van der Waals surface area (Å²) in [5, 5.41) is 8.82. The van der Waals surface area contributed by atoms with Crippen LogP contribution >= 0.6 is 0 Å². The number of likely N-dealkylation sites (N-methyl/N-ethyl adjacent to an activating group) is 1. The van der Waals surface area contributed by atoms with Crippen LogP contribution in [-0.4, -0.2) is 46.8 Å². The molecule has 2 unspecified atom stereocenters. The molecule has 1 N–H and O–H groups in total. The average Bonchev–Trinajstić information content (AvgIpc) is 2.17. The number of carbonyl (C=O) groups excluding carboxylic acids is 1. The molecule has 0 saturated carbocycles. The van der Waals surface area contributed by atoms with Crippen LogP contribution in [0, 0.1) is 0 Å². The van der Waals surface area contributed by atoms with Gasteiger partial charge in [-0.2, -0.15) is 0 Å². The zero-order valence-electron chi connectivity index (χ0n) is 7.11. The van der Waals surface area contributed by atoms with Crippen LogP contribution in [0.5, 0.6) is 0 Å². The van der Waals surface area contributed by atoms with E-state index in [1.54, 1.807) is 0 Å². The molecule has 2 atom stereocenters. The number of carbonyl (C=O) groups is 1. The molecule has 1 saturated heterocycles. The summed E-state index contributed by atoms with van der Waals surface area (Å²) in [5.74, 6) is 0.00231. The summed E-state index contributed by atoms with van der Waals surface area (Å²) >= 11 is 0. The quantitative estimate of drug-likeness (QED) is 0.556. The second-order valence-corrected chi connectivity index (χ2v) is 2.92. The third-order valence-corrected chi connectivity index (χ3v) is 2.44. The molecular formula is C7H14N2O2. The number of amides is 1. The van der Waals surface area contributed by atoms with Crippen LogP contribution in [0.25, 0.3) is 0 Å². The first-order valence-electron chi connectivity index (χ1n) is 3.73. The molecule has 0 aromatic rings. The smallest absolute Gasteiger partial charge is 0.242 e. The van der Waals surface area contributed by atoms with Gasteiger partial charge >= 0.3 is 0 Å². The zero-order valence-corrected chi connectivity index (χ0v) is 7.11. The molecule has 0 bridgehead atoms. The third-order valence-electron chi connectivity index (χ3n) is 2.44. The van der Waals surface area contributed by atoms with Crippen LogP contribution in [0.15, 0.2) is 0 Å². The van der Waals surface area contributed by atoms with Gasteiger partial charge in [0.05, 0.1) is 12.2 Å². The average molecular weight is 158 g/mol. The van der Waals surface area contributed by atoms with Gasteiger partial charge < -0.3 is 10.0 Å². The van der Waals surface area contributed by atoms with Gasteiger partial charge in [0.1, 0.15) is 6.73 Å². The molecule has 1 amide bonds. The van der Waals surface area contributed by atoms with E-state index >= 15 is 0 Å². The highest BCUT2D eigenvalue weighted by atomic mass is 16.3. The van der Waals surface area contributed by atoms with Crippen molar-refractivity contribution in [3.63, 3.8) is 0 Å². The maximum atomic E-state index is 11.3. The summed E-state index contributed by atoms with van der Waals surface area (Å²) in [6, 6.07) is -0.0999. The van der Waals surface area contributed by atoms with E-state index in [2.05, 4.69) is 0 Å². The minimum Gasteiger partial charge on any atom is -0.376 e. The monoisotopic (exact) mass is 158 g/mol. The van der Waals surface area contributed by atoms with Crippen molar-refractivity contribution in [2.45, 2.75) is 26.1 Å². The van der Waals surface area contributed by atoms with Crippen LogP contribution in [0.2, 0.25) is 0 Å². The number of rotatable bonds is 1. The SMILES string of the molecule is CC1C(=O)N(CO)C(C)N1C. The standard InChI is InChI=1S/C7H14N2O2/c1-5-7(11)9(4-10)6(2)8(5)3/h5-6,10H,4H2,1-3H3. The Bertz CT molecular complexity index is 172. The highest BCUT2D eigenvalue weighted by Gasteiger charge is 2.37. The number of hydrogen-bond acceptors (Lipinski definition) is 3. The first-order valence-corrected chi connectivity index (χ1v) is 3.73. The second kappa shape index (κ2) is 2.79. The van der Waals surface area contributed by atoms with Gasteiger partial charge in [0.25, 0.3) is 0 Å². The summed E-state index contributed by atoms with van der Waals surface area (Å²) in [7, 11) is 1.88.